The van der Waals surface area contributed by atoms with Crippen molar-refractivity contribution in [3.63, 3.8) is 0 Å². The second-order valence-electron chi connectivity index (χ2n) is 10.8. The van der Waals surface area contributed by atoms with Gasteiger partial charge in [0.1, 0.15) is 4.83 Å². The lowest BCUT2D eigenvalue weighted by atomic mass is 10.0. The predicted octanol–water partition coefficient (Wildman–Crippen LogP) is 8.37. The first-order valence-corrected chi connectivity index (χ1v) is 16.2. The van der Waals surface area contributed by atoms with Gasteiger partial charge in [0.2, 0.25) is 0 Å². The van der Waals surface area contributed by atoms with Gasteiger partial charge in [0, 0.05) is 33.9 Å². The van der Waals surface area contributed by atoms with Gasteiger partial charge in [-0.05, 0) is 63.4 Å². The molecule has 0 bridgehead atoms. The molecule has 3 aromatic heterocycles. The highest BCUT2D eigenvalue weighted by atomic mass is 32.2. The molecule has 5 nitrogen and oxygen atoms in total. The molecule has 43 heavy (non-hydrogen) atoms. The van der Waals surface area contributed by atoms with Crippen LogP contribution in [-0.4, -0.2) is 25.7 Å². The summed E-state index contributed by atoms with van der Waals surface area (Å²) in [5, 5.41) is 1.14. The van der Waals surface area contributed by atoms with Gasteiger partial charge in [0.25, 0.3) is 5.56 Å². The lowest BCUT2D eigenvalue weighted by Crippen LogP contribution is -2.22. The summed E-state index contributed by atoms with van der Waals surface area (Å²) in [6.07, 6.45) is 0.900. The molecule has 6 rings (SSSR count). The normalized spacial score (nSPS) is 11.3. The minimum atomic E-state index is -0.120. The molecular weight excluding hydrogens is 571 g/mol. The minimum Gasteiger partial charge on any atom is -0.348 e. The lowest BCUT2D eigenvalue weighted by Gasteiger charge is -2.13. The molecule has 0 spiro atoms. The van der Waals surface area contributed by atoms with Crippen molar-refractivity contribution < 1.29 is 4.79 Å². The first kappa shape index (κ1) is 28.9. The Morgan fingerprint density at radius 3 is 2.26 bits per heavy atom. The Labute approximate surface area is 259 Å². The van der Waals surface area contributed by atoms with Crippen LogP contribution in [0.4, 0.5) is 0 Å². The number of nitrogens with zero attached hydrogens (tertiary/aromatic N) is 3. The van der Waals surface area contributed by atoms with Crippen LogP contribution in [0.25, 0.3) is 27.0 Å². The zero-order chi connectivity index (χ0) is 30.1. The Bertz CT molecular complexity index is 1990. The van der Waals surface area contributed by atoms with E-state index in [1.807, 2.05) is 56.3 Å². The van der Waals surface area contributed by atoms with Crippen LogP contribution in [0.3, 0.4) is 0 Å². The van der Waals surface area contributed by atoms with Gasteiger partial charge in [-0.2, -0.15) is 0 Å². The molecule has 0 saturated carbocycles. The minimum absolute atomic E-state index is 0.0284. The van der Waals surface area contributed by atoms with E-state index in [0.29, 0.717) is 15.4 Å². The summed E-state index contributed by atoms with van der Waals surface area (Å²) >= 11 is 2.85. The first-order chi connectivity index (χ1) is 20.8. The molecule has 0 fully saturated rings. The fourth-order valence-electron chi connectivity index (χ4n) is 5.63. The third kappa shape index (κ3) is 5.75. The van der Waals surface area contributed by atoms with Gasteiger partial charge in [0.15, 0.2) is 10.9 Å². The number of thiophene rings is 1. The maximum absolute atomic E-state index is 14.3. The van der Waals surface area contributed by atoms with Crippen molar-refractivity contribution >= 4 is 39.1 Å². The van der Waals surface area contributed by atoms with E-state index < -0.39 is 0 Å². The smallest absolute Gasteiger partial charge is 0.268 e. The van der Waals surface area contributed by atoms with E-state index in [9.17, 15) is 9.59 Å². The number of hydrogen-bond donors (Lipinski definition) is 0. The Kier molecular flexibility index (Phi) is 8.19. The molecule has 3 heterocycles. The molecule has 0 atom stereocenters. The molecule has 0 amide bonds. The van der Waals surface area contributed by atoms with Crippen molar-refractivity contribution in [1.29, 1.82) is 0 Å². The van der Waals surface area contributed by atoms with Crippen molar-refractivity contribution in [1.82, 2.24) is 14.1 Å². The van der Waals surface area contributed by atoms with Gasteiger partial charge in [-0.3, -0.25) is 14.2 Å². The molecule has 0 saturated heterocycles. The monoisotopic (exact) mass is 603 g/mol. The van der Waals surface area contributed by atoms with E-state index in [0.717, 1.165) is 51.6 Å². The van der Waals surface area contributed by atoms with Crippen molar-refractivity contribution in [3.05, 3.63) is 134 Å². The van der Waals surface area contributed by atoms with Crippen LogP contribution >= 0.6 is 23.1 Å². The van der Waals surface area contributed by atoms with Crippen LogP contribution in [0.2, 0.25) is 0 Å². The van der Waals surface area contributed by atoms with Gasteiger partial charge in [-0.15, -0.1) is 11.3 Å². The quantitative estimate of drug-likeness (QED) is 0.0947. The van der Waals surface area contributed by atoms with Crippen molar-refractivity contribution in [3.8, 4) is 16.8 Å². The summed E-state index contributed by atoms with van der Waals surface area (Å²) in [6.45, 7) is 8.97. The zero-order valence-corrected chi connectivity index (χ0v) is 26.4. The maximum Gasteiger partial charge on any atom is 0.268 e. The topological polar surface area (TPSA) is 56.9 Å². The number of aromatic nitrogens is 3. The third-order valence-corrected chi connectivity index (χ3v) is 9.84. The second kappa shape index (κ2) is 12.2. The van der Waals surface area contributed by atoms with Gasteiger partial charge in [-0.1, -0.05) is 90.1 Å². The van der Waals surface area contributed by atoms with Gasteiger partial charge in [-0.25, -0.2) is 4.98 Å². The summed E-state index contributed by atoms with van der Waals surface area (Å²) in [4.78, 5) is 34.6. The van der Waals surface area contributed by atoms with Crippen molar-refractivity contribution in [2.24, 2.45) is 0 Å². The van der Waals surface area contributed by atoms with Crippen molar-refractivity contribution in [2.75, 3.05) is 5.75 Å². The van der Waals surface area contributed by atoms with E-state index in [1.54, 1.807) is 4.57 Å². The summed E-state index contributed by atoms with van der Waals surface area (Å²) < 4.78 is 3.88. The number of hydrogen-bond acceptors (Lipinski definition) is 5. The van der Waals surface area contributed by atoms with Gasteiger partial charge in [0.05, 0.1) is 16.8 Å². The summed E-state index contributed by atoms with van der Waals surface area (Å²) in [7, 11) is 0. The van der Waals surface area contributed by atoms with Crippen LogP contribution in [0.15, 0.2) is 101 Å². The number of para-hydroxylation sites is 1. The Balaban J connectivity index is 1.34. The Morgan fingerprint density at radius 1 is 0.884 bits per heavy atom. The largest absolute Gasteiger partial charge is 0.348 e. The average molecular weight is 604 g/mol. The summed E-state index contributed by atoms with van der Waals surface area (Å²) in [5.74, 6) is 0.212. The molecule has 216 valence electrons. The zero-order valence-electron chi connectivity index (χ0n) is 24.8. The molecular formula is C36H33N3O2S2. The van der Waals surface area contributed by atoms with Crippen molar-refractivity contribution in [2.45, 2.75) is 45.8 Å². The molecule has 0 aliphatic carbocycles. The lowest BCUT2D eigenvalue weighted by molar-refractivity contribution is 0.102. The summed E-state index contributed by atoms with van der Waals surface area (Å²) in [5.41, 5.74) is 7.75. The van der Waals surface area contributed by atoms with Gasteiger partial charge >= 0.3 is 0 Å². The first-order valence-electron chi connectivity index (χ1n) is 14.4. The van der Waals surface area contributed by atoms with Crippen LogP contribution < -0.4 is 5.56 Å². The van der Waals surface area contributed by atoms with Crippen LogP contribution in [0.5, 0.6) is 0 Å². The number of ketones is 1. The maximum atomic E-state index is 14.3. The highest BCUT2D eigenvalue weighted by Gasteiger charge is 2.23. The van der Waals surface area contributed by atoms with Crippen LogP contribution in [0.1, 0.15) is 37.7 Å². The molecule has 0 aliphatic rings. The van der Waals surface area contributed by atoms with E-state index >= 15 is 0 Å². The number of carbonyl (C=O) groups excluding carboxylic acids is 1. The third-order valence-electron chi connectivity index (χ3n) is 7.90. The van der Waals surface area contributed by atoms with E-state index in [-0.39, 0.29) is 17.1 Å². The molecule has 7 heteroatoms. The number of carbonyl (C=O) groups is 1. The van der Waals surface area contributed by atoms with E-state index in [1.165, 1.54) is 34.2 Å². The number of fused-ring (bicyclic) bond motifs is 1. The standard InChI is InChI=1S/C36H33N3O2S2/c1-23-15-17-28(18-16-23)32-26(4)43-34-33(32)35(41)39(29-13-9-6-10-14-29)36(37-34)42-22-31(40)30-21-24(2)38(25(30)3)20-19-27-11-7-5-8-12-27/h5-18,21H,19-20,22H2,1-4H3. The van der Waals surface area contributed by atoms with E-state index in [4.69, 9.17) is 4.98 Å². The van der Waals surface area contributed by atoms with Crippen LogP contribution in [-0.2, 0) is 13.0 Å². The van der Waals surface area contributed by atoms with Crippen LogP contribution in [0, 0.1) is 27.7 Å². The number of benzene rings is 3. The molecule has 0 unspecified atom stereocenters. The molecule has 0 aliphatic heterocycles. The SMILES string of the molecule is Cc1ccc(-c2c(C)sc3nc(SCC(=O)c4cc(C)n(CCc5ccccc5)c4C)n(-c4ccccc4)c(=O)c23)cc1. The molecule has 0 radical (unpaired) electrons. The molecule has 6 aromatic rings. The highest BCUT2D eigenvalue weighted by Crippen LogP contribution is 2.37. The number of Topliss-reactive ketones (excluding diaryl/α,β-unsaturated/α-hetero) is 1. The average Bonchev–Trinajstić information content (AvgIpc) is 3.50. The summed E-state index contributed by atoms with van der Waals surface area (Å²) in [6, 6.07) is 30.2. The van der Waals surface area contributed by atoms with E-state index in [2.05, 4.69) is 66.9 Å². The molecule has 3 aromatic carbocycles. The number of rotatable bonds is 9. The number of thioether (sulfide) groups is 1. The predicted molar refractivity (Wildman–Crippen MR) is 179 cm³/mol. The highest BCUT2D eigenvalue weighted by molar-refractivity contribution is 7.99. The molecule has 0 N–H and O–H groups in total. The van der Waals surface area contributed by atoms with Gasteiger partial charge < -0.3 is 4.57 Å². The second-order valence-corrected chi connectivity index (χ2v) is 13.0. The Morgan fingerprint density at radius 2 is 1.56 bits per heavy atom. The number of aryl methyl sites for hydroxylation is 4. The fraction of sp³-hybridized carbons (Fsp3) is 0.194. The Hall–Kier alpha value is -4.20. The fourth-order valence-corrected chi connectivity index (χ4v) is 7.62.